The van der Waals surface area contributed by atoms with Crippen molar-refractivity contribution in [1.82, 2.24) is 4.98 Å². The number of nitrogens with zero attached hydrogens (tertiary/aromatic N) is 1. The van der Waals surface area contributed by atoms with Crippen LogP contribution >= 0.6 is 11.8 Å². The number of rotatable bonds is 7. The van der Waals surface area contributed by atoms with E-state index in [1.807, 2.05) is 19.1 Å². The van der Waals surface area contributed by atoms with E-state index >= 15 is 0 Å². The highest BCUT2D eigenvalue weighted by molar-refractivity contribution is 7.99. The average Bonchev–Trinajstić information content (AvgIpc) is 2.30. The Hall–Kier alpha value is -0.940. The predicted molar refractivity (Wildman–Crippen MR) is 67.0 cm³/mol. The smallest absolute Gasteiger partial charge is 0.238 e. The number of anilines is 1. The van der Waals surface area contributed by atoms with E-state index in [0.29, 0.717) is 24.8 Å². The van der Waals surface area contributed by atoms with Crippen LogP contribution in [0.3, 0.4) is 0 Å². The Morgan fingerprint density at radius 2 is 2.19 bits per heavy atom. The molecule has 1 aromatic heterocycles. The van der Waals surface area contributed by atoms with Gasteiger partial charge in [-0.15, -0.1) is 11.8 Å². The van der Waals surface area contributed by atoms with Crippen molar-refractivity contribution in [1.29, 1.82) is 0 Å². The van der Waals surface area contributed by atoms with E-state index in [2.05, 4.69) is 4.98 Å². The van der Waals surface area contributed by atoms with Crippen LogP contribution in [0.1, 0.15) is 13.3 Å². The topological polar surface area (TPSA) is 57.4 Å². The second-order valence-electron chi connectivity index (χ2n) is 3.23. The van der Waals surface area contributed by atoms with Crippen molar-refractivity contribution in [2.75, 3.05) is 31.8 Å². The molecule has 0 radical (unpaired) electrons. The molecule has 0 saturated carbocycles. The SMILES string of the molecule is CCCOc1nc(SCCOC)ccc1N. The van der Waals surface area contributed by atoms with Gasteiger partial charge >= 0.3 is 0 Å². The van der Waals surface area contributed by atoms with Gasteiger partial charge in [-0.2, -0.15) is 0 Å². The number of hydrogen-bond acceptors (Lipinski definition) is 5. The van der Waals surface area contributed by atoms with Crippen LogP contribution in [0.2, 0.25) is 0 Å². The van der Waals surface area contributed by atoms with Crippen LogP contribution in [0.5, 0.6) is 5.88 Å². The van der Waals surface area contributed by atoms with Crippen molar-refractivity contribution < 1.29 is 9.47 Å². The molecule has 4 nitrogen and oxygen atoms in total. The summed E-state index contributed by atoms with van der Waals surface area (Å²) in [5.41, 5.74) is 6.35. The molecule has 1 heterocycles. The average molecular weight is 242 g/mol. The monoisotopic (exact) mass is 242 g/mol. The predicted octanol–water partition coefficient (Wildman–Crippen LogP) is 2.19. The maximum atomic E-state index is 5.76. The highest BCUT2D eigenvalue weighted by Gasteiger charge is 2.04. The first-order valence-electron chi connectivity index (χ1n) is 5.29. The van der Waals surface area contributed by atoms with Gasteiger partial charge in [-0.05, 0) is 18.6 Å². The first kappa shape index (κ1) is 13.1. The molecule has 0 unspecified atom stereocenters. The molecule has 0 aromatic carbocycles. The normalized spacial score (nSPS) is 10.4. The van der Waals surface area contributed by atoms with Crippen LogP contribution in [0.4, 0.5) is 5.69 Å². The summed E-state index contributed by atoms with van der Waals surface area (Å²) in [6.07, 6.45) is 0.947. The van der Waals surface area contributed by atoms with Gasteiger partial charge in [-0.25, -0.2) is 4.98 Å². The number of hydrogen-bond donors (Lipinski definition) is 1. The van der Waals surface area contributed by atoms with Crippen LogP contribution in [0, 0.1) is 0 Å². The molecule has 0 aliphatic rings. The van der Waals surface area contributed by atoms with Crippen LogP contribution in [0.25, 0.3) is 0 Å². The summed E-state index contributed by atoms with van der Waals surface area (Å²) in [7, 11) is 1.69. The van der Waals surface area contributed by atoms with E-state index in [1.54, 1.807) is 18.9 Å². The van der Waals surface area contributed by atoms with Gasteiger partial charge in [0.05, 0.1) is 18.9 Å². The molecule has 1 aromatic rings. The maximum absolute atomic E-state index is 5.76. The van der Waals surface area contributed by atoms with E-state index in [1.165, 1.54) is 0 Å². The Bertz CT molecular complexity index is 321. The second kappa shape index (κ2) is 7.35. The first-order valence-corrected chi connectivity index (χ1v) is 6.27. The Morgan fingerprint density at radius 3 is 2.88 bits per heavy atom. The summed E-state index contributed by atoms with van der Waals surface area (Å²) in [5, 5.41) is 0.914. The number of nitrogens with two attached hydrogens (primary N) is 1. The zero-order valence-corrected chi connectivity index (χ0v) is 10.5. The lowest BCUT2D eigenvalue weighted by atomic mass is 10.4. The van der Waals surface area contributed by atoms with Crippen molar-refractivity contribution in [3.8, 4) is 5.88 Å². The number of pyridine rings is 1. The van der Waals surface area contributed by atoms with Crippen molar-refractivity contribution >= 4 is 17.4 Å². The van der Waals surface area contributed by atoms with Gasteiger partial charge < -0.3 is 15.2 Å². The van der Waals surface area contributed by atoms with E-state index in [-0.39, 0.29) is 0 Å². The van der Waals surface area contributed by atoms with E-state index in [0.717, 1.165) is 17.2 Å². The van der Waals surface area contributed by atoms with Gasteiger partial charge in [0.25, 0.3) is 0 Å². The van der Waals surface area contributed by atoms with Gasteiger partial charge in [0.15, 0.2) is 0 Å². The largest absolute Gasteiger partial charge is 0.476 e. The molecule has 90 valence electrons. The molecule has 5 heteroatoms. The van der Waals surface area contributed by atoms with Crippen LogP contribution in [-0.4, -0.2) is 31.1 Å². The van der Waals surface area contributed by atoms with Crippen LogP contribution in [0.15, 0.2) is 17.2 Å². The van der Waals surface area contributed by atoms with Crippen LogP contribution in [-0.2, 0) is 4.74 Å². The minimum Gasteiger partial charge on any atom is -0.476 e. The summed E-state index contributed by atoms with van der Waals surface area (Å²) in [6, 6.07) is 3.72. The van der Waals surface area contributed by atoms with Gasteiger partial charge in [0.1, 0.15) is 5.03 Å². The lowest BCUT2D eigenvalue weighted by Crippen LogP contribution is -2.02. The van der Waals surface area contributed by atoms with Gasteiger partial charge in [-0.3, -0.25) is 0 Å². The van der Waals surface area contributed by atoms with Gasteiger partial charge in [0, 0.05) is 12.9 Å². The Kier molecular flexibility index (Phi) is 6.03. The van der Waals surface area contributed by atoms with Crippen LogP contribution < -0.4 is 10.5 Å². The van der Waals surface area contributed by atoms with Gasteiger partial charge in [0.2, 0.25) is 5.88 Å². The molecule has 0 amide bonds. The number of thioether (sulfide) groups is 1. The minimum absolute atomic E-state index is 0.532. The van der Waals surface area contributed by atoms with Crippen molar-refractivity contribution in [3.63, 3.8) is 0 Å². The standard InChI is InChI=1S/C11H18N2O2S/c1-3-6-15-11-9(12)4-5-10(13-11)16-8-7-14-2/h4-5H,3,6-8,12H2,1-2H3. The summed E-state index contributed by atoms with van der Waals surface area (Å²) in [5.74, 6) is 1.41. The highest BCUT2D eigenvalue weighted by atomic mass is 32.2. The third kappa shape index (κ3) is 4.28. The second-order valence-corrected chi connectivity index (χ2v) is 4.35. The Labute approximate surface area is 101 Å². The minimum atomic E-state index is 0.532. The number of ether oxygens (including phenoxy) is 2. The summed E-state index contributed by atoms with van der Waals surface area (Å²) >= 11 is 1.63. The number of methoxy groups -OCH3 is 1. The molecule has 0 fully saturated rings. The number of aromatic nitrogens is 1. The fourth-order valence-corrected chi connectivity index (χ4v) is 1.83. The first-order chi connectivity index (χ1) is 7.77. The van der Waals surface area contributed by atoms with E-state index < -0.39 is 0 Å². The van der Waals surface area contributed by atoms with Crippen molar-refractivity contribution in [3.05, 3.63) is 12.1 Å². The molecule has 0 spiro atoms. The fraction of sp³-hybridized carbons (Fsp3) is 0.545. The van der Waals surface area contributed by atoms with Crippen molar-refractivity contribution in [2.45, 2.75) is 18.4 Å². The Morgan fingerprint density at radius 1 is 1.38 bits per heavy atom. The van der Waals surface area contributed by atoms with E-state index in [9.17, 15) is 0 Å². The summed E-state index contributed by atoms with van der Waals surface area (Å²) < 4.78 is 10.4. The van der Waals surface area contributed by atoms with Gasteiger partial charge in [-0.1, -0.05) is 6.92 Å². The molecule has 0 atom stereocenters. The molecule has 1 rings (SSSR count). The lowest BCUT2D eigenvalue weighted by molar-refractivity contribution is 0.218. The molecular weight excluding hydrogens is 224 g/mol. The summed E-state index contributed by atoms with van der Waals surface area (Å²) in [6.45, 7) is 3.40. The molecule has 0 saturated heterocycles. The number of nitrogen functional groups attached to an aromatic ring is 1. The third-order valence-electron chi connectivity index (χ3n) is 1.84. The fourth-order valence-electron chi connectivity index (χ4n) is 1.06. The molecule has 0 aliphatic carbocycles. The molecule has 16 heavy (non-hydrogen) atoms. The molecule has 2 N–H and O–H groups in total. The third-order valence-corrected chi connectivity index (χ3v) is 2.74. The Balaban J connectivity index is 2.58. The molecule has 0 bridgehead atoms. The van der Waals surface area contributed by atoms with E-state index in [4.69, 9.17) is 15.2 Å². The lowest BCUT2D eigenvalue weighted by Gasteiger charge is -2.08. The zero-order chi connectivity index (χ0) is 11.8. The summed E-state index contributed by atoms with van der Waals surface area (Å²) in [4.78, 5) is 4.34. The quantitative estimate of drug-likeness (QED) is 0.586. The molecular formula is C11H18N2O2S. The maximum Gasteiger partial charge on any atom is 0.238 e. The zero-order valence-electron chi connectivity index (χ0n) is 9.73. The highest BCUT2D eigenvalue weighted by Crippen LogP contribution is 2.24. The van der Waals surface area contributed by atoms with Crippen molar-refractivity contribution in [2.24, 2.45) is 0 Å². The molecule has 0 aliphatic heterocycles.